The number of pyridine rings is 2. The number of hydrogen-bond donors (Lipinski definition) is 2. The van der Waals surface area contributed by atoms with Crippen LogP contribution in [-0.2, 0) is 0 Å². The van der Waals surface area contributed by atoms with E-state index in [4.69, 9.17) is 5.26 Å². The van der Waals surface area contributed by atoms with Gasteiger partial charge in [-0.3, -0.25) is 4.98 Å². The lowest BCUT2D eigenvalue weighted by Gasteiger charge is -2.20. The van der Waals surface area contributed by atoms with Crippen LogP contribution in [0.2, 0.25) is 0 Å². The molecule has 0 amide bonds. The average molecular weight is 554 g/mol. The second kappa shape index (κ2) is 19.0. The molecule has 0 bridgehead atoms. The van der Waals surface area contributed by atoms with Crippen molar-refractivity contribution in [1.82, 2.24) is 20.6 Å². The van der Waals surface area contributed by atoms with Gasteiger partial charge in [-0.05, 0) is 63.1 Å². The largest absolute Gasteiger partial charge is 0.381 e. The molecular weight excluding hydrogens is 506 g/mol. The molecule has 1 aliphatic carbocycles. The van der Waals surface area contributed by atoms with Gasteiger partial charge in [0.1, 0.15) is 23.5 Å². The Morgan fingerprint density at radius 3 is 2.34 bits per heavy atom. The molecule has 2 aromatic rings. The highest BCUT2D eigenvalue weighted by atomic mass is 15.1. The molecule has 0 saturated heterocycles. The molecule has 1 unspecified atom stereocenters. The van der Waals surface area contributed by atoms with Gasteiger partial charge >= 0.3 is 0 Å². The number of likely N-dealkylation sites (N-methyl/N-ethyl adjacent to an activating group) is 1. The third-order valence-corrected chi connectivity index (χ3v) is 6.48. The zero-order chi connectivity index (χ0) is 30.8. The molecule has 218 valence electrons. The van der Waals surface area contributed by atoms with E-state index in [1.54, 1.807) is 6.07 Å². The molecule has 2 heterocycles. The first kappa shape index (κ1) is 34.8. The van der Waals surface area contributed by atoms with Crippen LogP contribution in [0, 0.1) is 29.6 Å². The van der Waals surface area contributed by atoms with Crippen LogP contribution in [0.5, 0.6) is 0 Å². The van der Waals surface area contributed by atoms with Gasteiger partial charge in [-0.25, -0.2) is 4.98 Å². The van der Waals surface area contributed by atoms with Crippen molar-refractivity contribution in [2.45, 2.75) is 60.3 Å². The number of rotatable bonds is 10. The van der Waals surface area contributed by atoms with E-state index in [0.717, 1.165) is 18.8 Å². The molecule has 0 saturated carbocycles. The molecule has 1 atom stereocenters. The predicted molar refractivity (Wildman–Crippen MR) is 172 cm³/mol. The minimum absolute atomic E-state index is 0.304. The molecule has 41 heavy (non-hydrogen) atoms. The monoisotopic (exact) mass is 553 g/mol. The number of allylic oxidation sites excluding steroid dienone is 6. The topological polar surface area (TPSA) is 101 Å². The van der Waals surface area contributed by atoms with Gasteiger partial charge in [-0.15, -0.1) is 0 Å². The van der Waals surface area contributed by atoms with Gasteiger partial charge in [0.05, 0.1) is 17.0 Å². The number of nitrogens with zero attached hydrogens (tertiary/aromatic N) is 5. The molecule has 0 aliphatic heterocycles. The minimum atomic E-state index is 0.304. The van der Waals surface area contributed by atoms with Crippen LogP contribution in [0.15, 0.2) is 72.0 Å². The van der Waals surface area contributed by atoms with E-state index in [1.165, 1.54) is 41.3 Å². The molecule has 1 aliphatic rings. The molecule has 7 heteroatoms. The van der Waals surface area contributed by atoms with Gasteiger partial charge in [0, 0.05) is 45.0 Å². The van der Waals surface area contributed by atoms with Crippen LogP contribution < -0.4 is 15.5 Å². The molecule has 2 aromatic heterocycles. The predicted octanol–water partition coefficient (Wildman–Crippen LogP) is 6.83. The Bertz CT molecular complexity index is 1290. The summed E-state index contributed by atoms with van der Waals surface area (Å²) in [7, 11) is 3.78. The van der Waals surface area contributed by atoms with Gasteiger partial charge in [0.15, 0.2) is 0 Å². The summed E-state index contributed by atoms with van der Waals surface area (Å²) < 4.78 is 0. The van der Waals surface area contributed by atoms with Crippen LogP contribution in [-0.4, -0.2) is 43.7 Å². The summed E-state index contributed by atoms with van der Waals surface area (Å²) in [6.07, 6.45) is 10.3. The molecule has 0 aromatic carbocycles. The first-order valence-electron chi connectivity index (χ1n) is 14.3. The second-order valence-corrected chi connectivity index (χ2v) is 9.69. The fourth-order valence-corrected chi connectivity index (χ4v) is 4.07. The van der Waals surface area contributed by atoms with E-state index in [-0.39, 0.29) is 0 Å². The van der Waals surface area contributed by atoms with E-state index < -0.39 is 0 Å². The van der Waals surface area contributed by atoms with E-state index in [9.17, 15) is 5.26 Å². The van der Waals surface area contributed by atoms with Gasteiger partial charge in [0.2, 0.25) is 0 Å². The van der Waals surface area contributed by atoms with Crippen molar-refractivity contribution in [3.63, 3.8) is 0 Å². The molecule has 3 rings (SSSR count). The van der Waals surface area contributed by atoms with E-state index >= 15 is 0 Å². The number of aryl methyl sites for hydroxylation is 1. The van der Waals surface area contributed by atoms with Crippen molar-refractivity contribution in [3.05, 3.63) is 94.6 Å². The maximum atomic E-state index is 9.38. The summed E-state index contributed by atoms with van der Waals surface area (Å²) in [6.45, 7) is 18.5. The Morgan fingerprint density at radius 1 is 1.10 bits per heavy atom. The number of aromatic nitrogens is 2. The number of nitrogens with one attached hydrogen (secondary N) is 2. The maximum absolute atomic E-state index is 9.38. The van der Waals surface area contributed by atoms with Crippen molar-refractivity contribution >= 4 is 11.4 Å². The first-order valence-corrected chi connectivity index (χ1v) is 14.3. The molecule has 7 nitrogen and oxygen atoms in total. The SMILES string of the molecule is C=C/C(C#N)=C(/NCCNCC)c1nc(C#N)ccc1N(C)C.CC.CC1=CC=C(C(C)c2ccc(C)cn2)CC1. The third kappa shape index (κ3) is 11.1. The molecular formula is C34H47N7. The van der Waals surface area contributed by atoms with Crippen molar-refractivity contribution in [2.75, 3.05) is 38.6 Å². The van der Waals surface area contributed by atoms with Crippen molar-refractivity contribution < 1.29 is 0 Å². The Kier molecular flexibility index (Phi) is 16.1. The Hall–Kier alpha value is -4.20. The van der Waals surface area contributed by atoms with E-state index in [2.05, 4.69) is 78.3 Å². The van der Waals surface area contributed by atoms with Gasteiger partial charge in [-0.1, -0.05) is 63.6 Å². The quantitative estimate of drug-likeness (QED) is 0.189. The van der Waals surface area contributed by atoms with Crippen LogP contribution >= 0.6 is 0 Å². The maximum Gasteiger partial charge on any atom is 0.141 e. The summed E-state index contributed by atoms with van der Waals surface area (Å²) >= 11 is 0. The number of anilines is 1. The Labute approximate surface area is 248 Å². The average Bonchev–Trinajstić information content (AvgIpc) is 3.00. The van der Waals surface area contributed by atoms with Crippen LogP contribution in [0.3, 0.4) is 0 Å². The second-order valence-electron chi connectivity index (χ2n) is 9.69. The molecule has 0 radical (unpaired) electrons. The summed E-state index contributed by atoms with van der Waals surface area (Å²) in [5.41, 5.74) is 8.07. The first-order chi connectivity index (χ1) is 19.7. The lowest BCUT2D eigenvalue weighted by Crippen LogP contribution is -2.28. The fourth-order valence-electron chi connectivity index (χ4n) is 4.07. The lowest BCUT2D eigenvalue weighted by molar-refractivity contribution is 0.691. The van der Waals surface area contributed by atoms with Crippen molar-refractivity contribution in [3.8, 4) is 12.1 Å². The standard InChI is InChI=1S/C17H22N6.C15H19N.C2H6/c1-5-13(11-18)16(21-10-9-20-6-2)17-15(23(3)4)8-7-14(12-19)22-17;1-11-4-7-14(8-5-11)13(3)15-9-6-12(2)10-16-15;1-2/h5,7-8,20-21H,1,6,9-10H2,2-4H3;4,6-7,9-10,13H,5,8H2,1-3H3;1-2H3/b16-13-;;. The smallest absolute Gasteiger partial charge is 0.141 e. The number of hydrogen-bond acceptors (Lipinski definition) is 7. The highest BCUT2D eigenvalue weighted by molar-refractivity contribution is 5.79. The Morgan fingerprint density at radius 2 is 1.83 bits per heavy atom. The zero-order valence-electron chi connectivity index (χ0n) is 26.2. The highest BCUT2D eigenvalue weighted by Gasteiger charge is 2.16. The highest BCUT2D eigenvalue weighted by Crippen LogP contribution is 2.30. The normalized spacial score (nSPS) is 13.2. The summed E-state index contributed by atoms with van der Waals surface area (Å²) in [5, 5.41) is 24.9. The lowest BCUT2D eigenvalue weighted by atomic mass is 9.88. The van der Waals surface area contributed by atoms with Crippen molar-refractivity contribution in [2.24, 2.45) is 0 Å². The molecule has 0 fully saturated rings. The summed E-state index contributed by atoms with van der Waals surface area (Å²) in [6, 6.07) is 11.9. The summed E-state index contributed by atoms with van der Waals surface area (Å²) in [5.74, 6) is 0.449. The van der Waals surface area contributed by atoms with E-state index in [1.807, 2.05) is 58.1 Å². The van der Waals surface area contributed by atoms with Crippen LogP contribution in [0.1, 0.15) is 76.0 Å². The summed E-state index contributed by atoms with van der Waals surface area (Å²) in [4.78, 5) is 10.8. The minimum Gasteiger partial charge on any atom is -0.381 e. The van der Waals surface area contributed by atoms with E-state index in [0.29, 0.717) is 35.1 Å². The van der Waals surface area contributed by atoms with Gasteiger partial charge in [-0.2, -0.15) is 10.5 Å². The van der Waals surface area contributed by atoms with Gasteiger partial charge in [0.25, 0.3) is 0 Å². The number of nitriles is 2. The van der Waals surface area contributed by atoms with Crippen LogP contribution in [0.4, 0.5) is 5.69 Å². The third-order valence-electron chi connectivity index (χ3n) is 6.48. The molecule has 0 spiro atoms. The van der Waals surface area contributed by atoms with Crippen molar-refractivity contribution in [1.29, 1.82) is 10.5 Å². The molecule has 2 N–H and O–H groups in total. The Balaban J connectivity index is 0.000000407. The van der Waals surface area contributed by atoms with Gasteiger partial charge < -0.3 is 15.5 Å². The van der Waals surface area contributed by atoms with Crippen LogP contribution in [0.25, 0.3) is 5.70 Å². The fraction of sp³-hybridized carbons (Fsp3) is 0.412. The zero-order valence-corrected chi connectivity index (χ0v) is 26.2.